The number of pyridine rings is 2. The Morgan fingerprint density at radius 1 is 1.09 bits per heavy atom. The normalized spacial score (nSPS) is 21.9. The molecule has 3 aliphatic rings. The molecular formula is C38H50ClN5O2. The number of piperidine rings is 3. The molecule has 2 N–H and O–H groups in total. The number of fused-ring (bicyclic) bond motifs is 5. The molecule has 6 atom stereocenters. The number of hydrogen-bond donors (Lipinski definition) is 2. The van der Waals surface area contributed by atoms with Gasteiger partial charge in [0.05, 0.1) is 24.2 Å². The molecule has 3 aliphatic heterocycles. The van der Waals surface area contributed by atoms with Gasteiger partial charge in [-0.1, -0.05) is 31.5 Å². The molecule has 46 heavy (non-hydrogen) atoms. The Morgan fingerprint density at radius 2 is 1.87 bits per heavy atom. The van der Waals surface area contributed by atoms with Crippen LogP contribution in [0.2, 0.25) is 5.02 Å². The highest BCUT2D eigenvalue weighted by molar-refractivity contribution is 6.31. The average molecular weight is 644 g/mol. The number of nitrogens with one attached hydrogen (secondary N) is 1. The van der Waals surface area contributed by atoms with E-state index in [0.29, 0.717) is 17.9 Å². The zero-order chi connectivity index (χ0) is 32.6. The number of hydrogen-bond acceptors (Lipinski definition) is 7. The number of aliphatic hydroxyl groups is 1. The molecule has 246 valence electrons. The van der Waals surface area contributed by atoms with Gasteiger partial charge in [-0.2, -0.15) is 0 Å². The lowest BCUT2D eigenvalue weighted by Crippen LogP contribution is -2.54. The maximum atomic E-state index is 11.2. The van der Waals surface area contributed by atoms with Gasteiger partial charge in [0.2, 0.25) is 0 Å². The highest BCUT2D eigenvalue weighted by Gasteiger charge is 2.42. The molecule has 0 amide bonds. The van der Waals surface area contributed by atoms with Crippen molar-refractivity contribution in [2.24, 2.45) is 11.8 Å². The minimum absolute atomic E-state index is 0.178. The molecule has 2 bridgehead atoms. The molecule has 7 nitrogen and oxygen atoms in total. The van der Waals surface area contributed by atoms with Crippen molar-refractivity contribution in [3.8, 4) is 5.75 Å². The number of benzene rings is 2. The summed E-state index contributed by atoms with van der Waals surface area (Å²) in [5, 5.41) is 17.6. The number of ether oxygens (including phenoxy) is 1. The van der Waals surface area contributed by atoms with Crippen LogP contribution in [0, 0.1) is 11.8 Å². The Labute approximate surface area is 279 Å². The second-order valence-electron chi connectivity index (χ2n) is 12.7. The van der Waals surface area contributed by atoms with Crippen molar-refractivity contribution in [2.45, 2.75) is 64.6 Å². The maximum Gasteiger partial charge on any atom is 0.119 e. The van der Waals surface area contributed by atoms with Gasteiger partial charge < -0.3 is 20.1 Å². The standard InChI is InChI=1S/C20H24N2O2.C18H26ClN3/c1-3-13-12-22-9-7-14(13)10-19(22)20(23)16-6-8-21-18-5-4-15(24-2)11-17(16)18;1-4-22(5-2)12-6-7-14(3)21-17-10-11-20-18-13-15(19)8-9-16(17)18/h3-6,8,11,13-14,19-20,23H,1,7,9-10,12H2,2H3;8-11,13-14H,4-7,12H2,1-3H3,(H,20,21)/t13-,14-,19-,20+;/m0./s1. The number of nitrogens with zero attached hydrogens (tertiary/aromatic N) is 4. The van der Waals surface area contributed by atoms with Crippen LogP contribution in [0.3, 0.4) is 0 Å². The van der Waals surface area contributed by atoms with Crippen LogP contribution < -0.4 is 10.1 Å². The van der Waals surface area contributed by atoms with Gasteiger partial charge in [0.15, 0.2) is 0 Å². The molecule has 8 heteroatoms. The third kappa shape index (κ3) is 8.00. The first-order valence-corrected chi connectivity index (χ1v) is 17.2. The van der Waals surface area contributed by atoms with Crippen LogP contribution in [0.15, 0.2) is 73.6 Å². The highest BCUT2D eigenvalue weighted by Crippen LogP contribution is 2.42. The first-order valence-electron chi connectivity index (χ1n) is 16.9. The quantitative estimate of drug-likeness (QED) is 0.152. The van der Waals surface area contributed by atoms with Gasteiger partial charge in [-0.15, -0.1) is 6.58 Å². The summed E-state index contributed by atoms with van der Waals surface area (Å²) in [6.45, 7) is 16.2. The summed E-state index contributed by atoms with van der Waals surface area (Å²) in [6, 6.07) is 16.3. The Bertz CT molecular complexity index is 1590. The van der Waals surface area contributed by atoms with E-state index in [4.69, 9.17) is 16.3 Å². The molecule has 3 saturated heterocycles. The molecule has 0 aliphatic carbocycles. The van der Waals surface area contributed by atoms with E-state index in [-0.39, 0.29) is 6.04 Å². The molecule has 0 spiro atoms. The fraction of sp³-hybridized carbons (Fsp3) is 0.474. The van der Waals surface area contributed by atoms with E-state index in [0.717, 1.165) is 82.8 Å². The molecule has 0 saturated carbocycles. The molecule has 4 aromatic rings. The Hall–Kier alpha value is -3.23. The van der Waals surface area contributed by atoms with E-state index < -0.39 is 6.10 Å². The van der Waals surface area contributed by atoms with E-state index in [1.807, 2.05) is 54.7 Å². The summed E-state index contributed by atoms with van der Waals surface area (Å²) in [5.74, 6) is 2.01. The van der Waals surface area contributed by atoms with Crippen molar-refractivity contribution in [1.82, 2.24) is 19.8 Å². The monoisotopic (exact) mass is 643 g/mol. The maximum absolute atomic E-state index is 11.2. The van der Waals surface area contributed by atoms with Crippen LogP contribution >= 0.6 is 11.6 Å². The van der Waals surface area contributed by atoms with Gasteiger partial charge in [0, 0.05) is 52.5 Å². The number of methoxy groups -OCH3 is 1. The summed E-state index contributed by atoms with van der Waals surface area (Å²) >= 11 is 6.04. The topological polar surface area (TPSA) is 73.8 Å². The van der Waals surface area contributed by atoms with E-state index in [9.17, 15) is 5.11 Å². The second kappa shape index (κ2) is 16.1. The summed E-state index contributed by atoms with van der Waals surface area (Å²) in [6.07, 6.45) is 9.83. The zero-order valence-corrected chi connectivity index (χ0v) is 28.6. The van der Waals surface area contributed by atoms with Gasteiger partial charge in [-0.3, -0.25) is 14.9 Å². The molecule has 2 aromatic heterocycles. The van der Waals surface area contributed by atoms with Crippen molar-refractivity contribution in [3.63, 3.8) is 0 Å². The van der Waals surface area contributed by atoms with Crippen molar-refractivity contribution < 1.29 is 9.84 Å². The van der Waals surface area contributed by atoms with Gasteiger partial charge >= 0.3 is 0 Å². The summed E-state index contributed by atoms with van der Waals surface area (Å²) in [7, 11) is 1.66. The molecule has 3 fully saturated rings. The van der Waals surface area contributed by atoms with Crippen LogP contribution in [0.1, 0.15) is 58.1 Å². The van der Waals surface area contributed by atoms with Gasteiger partial charge in [0.1, 0.15) is 5.75 Å². The summed E-state index contributed by atoms with van der Waals surface area (Å²) < 4.78 is 5.35. The van der Waals surface area contributed by atoms with E-state index >= 15 is 0 Å². The Kier molecular flexibility index (Phi) is 11.9. The third-order valence-electron chi connectivity index (χ3n) is 9.93. The van der Waals surface area contributed by atoms with E-state index in [1.165, 1.54) is 19.4 Å². The number of aromatic nitrogens is 2. The number of aliphatic hydroxyl groups excluding tert-OH is 1. The molecule has 2 aromatic carbocycles. The van der Waals surface area contributed by atoms with Crippen molar-refractivity contribution in [2.75, 3.05) is 45.2 Å². The van der Waals surface area contributed by atoms with E-state index in [1.54, 1.807) is 13.3 Å². The zero-order valence-electron chi connectivity index (χ0n) is 27.8. The SMILES string of the molecule is C=C[C@H]1C[N@]2CC[C@H]1C[C@H]2[C@H](O)c1ccnc2ccc(OC)cc12.CCN(CC)CCCC(C)Nc1ccnc2cc(Cl)ccc12. The van der Waals surface area contributed by atoms with Gasteiger partial charge in [-0.25, -0.2) is 0 Å². The van der Waals surface area contributed by atoms with Crippen LogP contribution in [0.25, 0.3) is 21.8 Å². The largest absolute Gasteiger partial charge is 0.497 e. The molecule has 5 heterocycles. The number of halogens is 1. The molecule has 0 radical (unpaired) electrons. The lowest BCUT2D eigenvalue weighted by molar-refractivity contribution is -0.0444. The van der Waals surface area contributed by atoms with Crippen LogP contribution in [-0.4, -0.2) is 76.8 Å². The smallest absolute Gasteiger partial charge is 0.119 e. The van der Waals surface area contributed by atoms with Gasteiger partial charge in [0.25, 0.3) is 0 Å². The first kappa shape index (κ1) is 34.1. The lowest BCUT2D eigenvalue weighted by Gasteiger charge is -2.50. The second-order valence-corrected chi connectivity index (χ2v) is 13.1. The van der Waals surface area contributed by atoms with Crippen molar-refractivity contribution in [3.05, 3.63) is 84.2 Å². The average Bonchev–Trinajstić information content (AvgIpc) is 3.09. The van der Waals surface area contributed by atoms with Gasteiger partial charge in [-0.05, 0) is 125 Å². The molecule has 7 rings (SSSR count). The first-order chi connectivity index (χ1) is 22.3. The fourth-order valence-corrected chi connectivity index (χ4v) is 7.36. The van der Waals surface area contributed by atoms with Crippen LogP contribution in [0.5, 0.6) is 5.75 Å². The van der Waals surface area contributed by atoms with Crippen LogP contribution in [-0.2, 0) is 0 Å². The number of rotatable bonds is 12. The molecular weight excluding hydrogens is 594 g/mol. The fourth-order valence-electron chi connectivity index (χ4n) is 7.19. The predicted octanol–water partition coefficient (Wildman–Crippen LogP) is 7.98. The minimum atomic E-state index is -0.504. The van der Waals surface area contributed by atoms with Crippen molar-refractivity contribution in [1.29, 1.82) is 0 Å². The Balaban J connectivity index is 0.000000182. The predicted molar refractivity (Wildman–Crippen MR) is 192 cm³/mol. The molecule has 1 unspecified atom stereocenters. The van der Waals surface area contributed by atoms with Crippen molar-refractivity contribution >= 4 is 39.1 Å². The summed E-state index contributed by atoms with van der Waals surface area (Å²) in [5.41, 5.74) is 3.92. The number of anilines is 1. The van der Waals surface area contributed by atoms with Crippen LogP contribution in [0.4, 0.5) is 5.69 Å². The highest BCUT2D eigenvalue weighted by atomic mass is 35.5. The third-order valence-corrected chi connectivity index (χ3v) is 10.2. The minimum Gasteiger partial charge on any atom is -0.497 e. The summed E-state index contributed by atoms with van der Waals surface area (Å²) in [4.78, 5) is 13.7. The lowest BCUT2D eigenvalue weighted by atomic mass is 9.73. The Morgan fingerprint density at radius 3 is 2.59 bits per heavy atom. The van der Waals surface area contributed by atoms with E-state index in [2.05, 4.69) is 58.5 Å².